The molecule has 1 fully saturated rings. The first-order chi connectivity index (χ1) is 7.38. The lowest BCUT2D eigenvalue weighted by atomic mass is 10.0. The van der Waals surface area contributed by atoms with E-state index in [0.29, 0.717) is 6.10 Å². The summed E-state index contributed by atoms with van der Waals surface area (Å²) in [7, 11) is 1.83. The van der Waals surface area contributed by atoms with Gasteiger partial charge in [-0.2, -0.15) is 0 Å². The first-order valence-corrected chi connectivity index (χ1v) is 5.99. The fourth-order valence-electron chi connectivity index (χ4n) is 2.35. The molecule has 0 radical (unpaired) electrons. The van der Waals surface area contributed by atoms with Crippen LogP contribution in [0.25, 0.3) is 0 Å². The number of nitrogens with zero attached hydrogens (tertiary/aromatic N) is 1. The van der Waals surface area contributed by atoms with Gasteiger partial charge in [-0.25, -0.2) is 0 Å². The van der Waals surface area contributed by atoms with Crippen molar-refractivity contribution in [2.75, 3.05) is 26.7 Å². The standard InChI is InChI=1S/C13H21NO/c1-15-13-7-9-14(10-8-13)11-12-5-3-2-4-6-12/h3,5-6,13H,2,4,7-11H2,1H3. The number of allylic oxidation sites excluding steroid dienone is 2. The van der Waals surface area contributed by atoms with Crippen LogP contribution in [0.3, 0.4) is 0 Å². The summed E-state index contributed by atoms with van der Waals surface area (Å²) in [5, 5.41) is 0. The molecule has 0 unspecified atom stereocenters. The summed E-state index contributed by atoms with van der Waals surface area (Å²) in [5.41, 5.74) is 1.50. The predicted molar refractivity (Wildman–Crippen MR) is 62.9 cm³/mol. The average molecular weight is 207 g/mol. The van der Waals surface area contributed by atoms with Gasteiger partial charge in [0.15, 0.2) is 0 Å². The van der Waals surface area contributed by atoms with E-state index in [1.807, 2.05) is 7.11 Å². The number of hydrogen-bond donors (Lipinski definition) is 0. The van der Waals surface area contributed by atoms with Crippen molar-refractivity contribution < 1.29 is 4.74 Å². The largest absolute Gasteiger partial charge is 0.381 e. The monoisotopic (exact) mass is 207 g/mol. The minimum absolute atomic E-state index is 0.497. The molecule has 0 spiro atoms. The van der Waals surface area contributed by atoms with Crippen LogP contribution in [0.1, 0.15) is 25.7 Å². The Hall–Kier alpha value is -0.600. The van der Waals surface area contributed by atoms with Gasteiger partial charge in [-0.05, 0) is 31.3 Å². The van der Waals surface area contributed by atoms with E-state index in [4.69, 9.17) is 4.74 Å². The van der Waals surface area contributed by atoms with Gasteiger partial charge in [0, 0.05) is 26.7 Å². The zero-order valence-corrected chi connectivity index (χ0v) is 9.61. The molecule has 1 aliphatic carbocycles. The minimum atomic E-state index is 0.497. The zero-order valence-electron chi connectivity index (χ0n) is 9.61. The Morgan fingerprint density at radius 2 is 2.13 bits per heavy atom. The van der Waals surface area contributed by atoms with E-state index >= 15 is 0 Å². The van der Waals surface area contributed by atoms with Gasteiger partial charge in [0.05, 0.1) is 6.10 Å². The van der Waals surface area contributed by atoms with Crippen LogP contribution in [0.15, 0.2) is 23.8 Å². The molecule has 2 heteroatoms. The molecule has 0 bridgehead atoms. The van der Waals surface area contributed by atoms with Crippen LogP contribution in [-0.2, 0) is 4.74 Å². The second kappa shape index (κ2) is 5.47. The zero-order chi connectivity index (χ0) is 10.5. The van der Waals surface area contributed by atoms with Crippen LogP contribution in [-0.4, -0.2) is 37.7 Å². The highest BCUT2D eigenvalue weighted by molar-refractivity contribution is 5.23. The van der Waals surface area contributed by atoms with Crippen LogP contribution in [0.5, 0.6) is 0 Å². The lowest BCUT2D eigenvalue weighted by Crippen LogP contribution is -2.37. The number of likely N-dealkylation sites (tertiary alicyclic amines) is 1. The van der Waals surface area contributed by atoms with Crippen molar-refractivity contribution in [2.45, 2.75) is 31.8 Å². The van der Waals surface area contributed by atoms with Crippen molar-refractivity contribution >= 4 is 0 Å². The van der Waals surface area contributed by atoms with E-state index in [0.717, 1.165) is 6.54 Å². The number of methoxy groups -OCH3 is 1. The lowest BCUT2D eigenvalue weighted by molar-refractivity contribution is 0.0439. The molecule has 2 rings (SSSR count). The summed E-state index contributed by atoms with van der Waals surface area (Å²) in [6.45, 7) is 3.50. The molecule has 15 heavy (non-hydrogen) atoms. The smallest absolute Gasteiger partial charge is 0.0595 e. The molecule has 0 saturated carbocycles. The summed E-state index contributed by atoms with van der Waals surface area (Å²) in [6.07, 6.45) is 12.3. The summed E-state index contributed by atoms with van der Waals surface area (Å²) < 4.78 is 5.37. The maximum Gasteiger partial charge on any atom is 0.0595 e. The van der Waals surface area contributed by atoms with Crippen molar-refractivity contribution in [3.63, 3.8) is 0 Å². The quantitative estimate of drug-likeness (QED) is 0.704. The van der Waals surface area contributed by atoms with Gasteiger partial charge in [0.1, 0.15) is 0 Å². The van der Waals surface area contributed by atoms with Gasteiger partial charge in [-0.3, -0.25) is 4.90 Å². The molecule has 2 aliphatic rings. The van der Waals surface area contributed by atoms with Gasteiger partial charge in [-0.15, -0.1) is 0 Å². The third kappa shape index (κ3) is 3.18. The molecule has 0 aromatic rings. The van der Waals surface area contributed by atoms with Crippen LogP contribution < -0.4 is 0 Å². The maximum atomic E-state index is 5.37. The van der Waals surface area contributed by atoms with E-state index in [1.54, 1.807) is 0 Å². The summed E-state index contributed by atoms with van der Waals surface area (Å²) in [6, 6.07) is 0. The maximum absolute atomic E-state index is 5.37. The molecule has 0 aromatic heterocycles. The first-order valence-electron chi connectivity index (χ1n) is 5.99. The molecule has 1 heterocycles. The van der Waals surface area contributed by atoms with E-state index < -0.39 is 0 Å². The Bertz CT molecular complexity index is 249. The summed E-state index contributed by atoms with van der Waals surface area (Å²) >= 11 is 0. The summed E-state index contributed by atoms with van der Waals surface area (Å²) in [5.74, 6) is 0. The van der Waals surface area contributed by atoms with Gasteiger partial charge in [0.25, 0.3) is 0 Å². The van der Waals surface area contributed by atoms with Gasteiger partial charge < -0.3 is 4.74 Å². The van der Waals surface area contributed by atoms with E-state index in [-0.39, 0.29) is 0 Å². The van der Waals surface area contributed by atoms with Crippen LogP contribution in [0.4, 0.5) is 0 Å². The van der Waals surface area contributed by atoms with Gasteiger partial charge in [0.2, 0.25) is 0 Å². The molecule has 1 aliphatic heterocycles. The number of ether oxygens (including phenoxy) is 1. The Morgan fingerprint density at radius 1 is 1.33 bits per heavy atom. The molecule has 0 atom stereocenters. The second-order valence-electron chi connectivity index (χ2n) is 4.47. The summed E-state index contributed by atoms with van der Waals surface area (Å²) in [4.78, 5) is 2.54. The molecule has 0 aromatic carbocycles. The van der Waals surface area contributed by atoms with E-state index in [9.17, 15) is 0 Å². The highest BCUT2D eigenvalue weighted by atomic mass is 16.5. The Kier molecular flexibility index (Phi) is 3.98. The van der Waals surface area contributed by atoms with Crippen molar-refractivity contribution in [1.29, 1.82) is 0 Å². The molecule has 84 valence electrons. The van der Waals surface area contributed by atoms with Gasteiger partial charge >= 0.3 is 0 Å². The Morgan fingerprint density at radius 3 is 2.73 bits per heavy atom. The molecule has 0 amide bonds. The highest BCUT2D eigenvalue weighted by Gasteiger charge is 2.18. The fourth-order valence-corrected chi connectivity index (χ4v) is 2.35. The average Bonchev–Trinajstić information content (AvgIpc) is 2.31. The third-order valence-electron chi connectivity index (χ3n) is 3.35. The van der Waals surface area contributed by atoms with Crippen molar-refractivity contribution in [3.05, 3.63) is 23.8 Å². The van der Waals surface area contributed by atoms with E-state index in [1.165, 1.54) is 44.3 Å². The molecule has 0 N–H and O–H groups in total. The fraction of sp³-hybridized carbons (Fsp3) is 0.692. The number of rotatable bonds is 3. The minimum Gasteiger partial charge on any atom is -0.381 e. The molecule has 2 nitrogen and oxygen atoms in total. The van der Waals surface area contributed by atoms with Crippen molar-refractivity contribution in [2.24, 2.45) is 0 Å². The number of piperidine rings is 1. The predicted octanol–water partition coefficient (Wildman–Crippen LogP) is 2.37. The van der Waals surface area contributed by atoms with Crippen LogP contribution >= 0.6 is 0 Å². The second-order valence-corrected chi connectivity index (χ2v) is 4.47. The van der Waals surface area contributed by atoms with Crippen LogP contribution in [0.2, 0.25) is 0 Å². The SMILES string of the molecule is COC1CCN(CC2=CCCC=C2)CC1. The van der Waals surface area contributed by atoms with Crippen molar-refractivity contribution in [3.8, 4) is 0 Å². The highest BCUT2D eigenvalue weighted by Crippen LogP contribution is 2.16. The topological polar surface area (TPSA) is 12.5 Å². The van der Waals surface area contributed by atoms with Crippen LogP contribution in [0, 0.1) is 0 Å². The van der Waals surface area contributed by atoms with Gasteiger partial charge in [-0.1, -0.05) is 18.2 Å². The number of hydrogen-bond acceptors (Lipinski definition) is 2. The molecular formula is C13H21NO. The van der Waals surface area contributed by atoms with Crippen molar-refractivity contribution in [1.82, 2.24) is 4.90 Å². The molecule has 1 saturated heterocycles. The third-order valence-corrected chi connectivity index (χ3v) is 3.35. The Balaban J connectivity index is 1.76. The first kappa shape index (κ1) is 10.9. The van der Waals surface area contributed by atoms with E-state index in [2.05, 4.69) is 23.1 Å². The lowest BCUT2D eigenvalue weighted by Gasteiger charge is -2.31. The Labute approximate surface area is 92.6 Å². The molecular weight excluding hydrogens is 186 g/mol. The normalized spacial score (nSPS) is 24.2.